The van der Waals surface area contributed by atoms with Crippen LogP contribution in [0.2, 0.25) is 0 Å². The van der Waals surface area contributed by atoms with Crippen LogP contribution in [-0.2, 0) is 11.3 Å². The smallest absolute Gasteiger partial charge is 0.224 e. The fourth-order valence-electron chi connectivity index (χ4n) is 2.35. The number of amides is 1. The quantitative estimate of drug-likeness (QED) is 0.779. The van der Waals surface area contributed by atoms with Gasteiger partial charge in [0.25, 0.3) is 0 Å². The lowest BCUT2D eigenvalue weighted by atomic mass is 10.1. The maximum Gasteiger partial charge on any atom is 0.224 e. The minimum absolute atomic E-state index is 0.0604. The highest BCUT2D eigenvalue weighted by atomic mass is 79.9. The number of benzene rings is 1. The van der Waals surface area contributed by atoms with Gasteiger partial charge in [-0.2, -0.15) is 0 Å². The predicted molar refractivity (Wildman–Crippen MR) is 91.0 cm³/mol. The van der Waals surface area contributed by atoms with E-state index in [1.54, 1.807) is 0 Å². The van der Waals surface area contributed by atoms with Gasteiger partial charge in [0.2, 0.25) is 5.91 Å². The van der Waals surface area contributed by atoms with Crippen molar-refractivity contribution < 1.29 is 4.79 Å². The molecule has 1 unspecified atom stereocenters. The number of nitrogens with zero attached hydrogens (tertiary/aromatic N) is 2. The largest absolute Gasteiger partial charge is 0.343 e. The van der Waals surface area contributed by atoms with E-state index in [0.29, 0.717) is 13.0 Å². The van der Waals surface area contributed by atoms with E-state index in [9.17, 15) is 4.79 Å². The number of carbonyl (C=O) groups excluding carboxylic acids is 1. The Morgan fingerprint density at radius 3 is 2.43 bits per heavy atom. The number of nitrogens with two attached hydrogens (primary N) is 1. The van der Waals surface area contributed by atoms with E-state index in [1.165, 1.54) is 5.56 Å². The van der Waals surface area contributed by atoms with Gasteiger partial charge in [-0.15, -0.1) is 0 Å². The summed E-state index contributed by atoms with van der Waals surface area (Å²) in [6.45, 7) is 6.76. The zero-order valence-electron chi connectivity index (χ0n) is 13.2. The monoisotopic (exact) mass is 355 g/mol. The Balaban J connectivity index is 2.67. The zero-order valence-corrected chi connectivity index (χ0v) is 14.8. The van der Waals surface area contributed by atoms with Crippen molar-refractivity contribution in [3.05, 3.63) is 34.3 Å². The van der Waals surface area contributed by atoms with Crippen molar-refractivity contribution in [2.45, 2.75) is 32.9 Å². The van der Waals surface area contributed by atoms with Gasteiger partial charge in [-0.05, 0) is 32.5 Å². The summed E-state index contributed by atoms with van der Waals surface area (Å²) in [5, 5.41) is 0. The number of hydrogen-bond donors (Lipinski definition) is 1. The molecule has 0 spiro atoms. The van der Waals surface area contributed by atoms with Crippen LogP contribution in [0.4, 0.5) is 0 Å². The van der Waals surface area contributed by atoms with E-state index in [-0.39, 0.29) is 11.9 Å². The lowest BCUT2D eigenvalue weighted by Gasteiger charge is -2.29. The van der Waals surface area contributed by atoms with Gasteiger partial charge >= 0.3 is 0 Å². The molecule has 21 heavy (non-hydrogen) atoms. The fourth-order valence-corrected chi connectivity index (χ4v) is 2.76. The number of rotatable bonds is 8. The van der Waals surface area contributed by atoms with Gasteiger partial charge in [-0.25, -0.2) is 0 Å². The van der Waals surface area contributed by atoms with Gasteiger partial charge in [-0.3, -0.25) is 9.69 Å². The third-order valence-electron chi connectivity index (χ3n) is 3.80. The van der Waals surface area contributed by atoms with Crippen LogP contribution in [0, 0.1) is 0 Å². The molecule has 0 radical (unpaired) electrons. The van der Waals surface area contributed by atoms with Crippen molar-refractivity contribution in [1.82, 2.24) is 9.80 Å². The highest BCUT2D eigenvalue weighted by Gasteiger charge is 2.20. The maximum atomic E-state index is 12.2. The van der Waals surface area contributed by atoms with Crippen LogP contribution in [0.25, 0.3) is 0 Å². The van der Waals surface area contributed by atoms with E-state index >= 15 is 0 Å². The minimum atomic E-state index is 0.0604. The Kier molecular flexibility index (Phi) is 7.93. The lowest BCUT2D eigenvalue weighted by Crippen LogP contribution is -2.42. The summed E-state index contributed by atoms with van der Waals surface area (Å²) in [5.41, 5.74) is 7.08. The molecule has 1 aromatic carbocycles. The standard InChI is InChI=1S/C16H26BrN3O/c1-4-20(5-2)16(21)10-14(11-18)19(3)12-13-8-6-7-9-15(13)17/h6-9,14H,4-5,10-12,18H2,1-3H3. The average molecular weight is 356 g/mol. The molecule has 1 aromatic rings. The molecule has 0 bridgehead atoms. The van der Waals surface area contributed by atoms with Crippen molar-refractivity contribution >= 4 is 21.8 Å². The minimum Gasteiger partial charge on any atom is -0.343 e. The van der Waals surface area contributed by atoms with E-state index in [1.807, 2.05) is 44.0 Å². The van der Waals surface area contributed by atoms with E-state index in [2.05, 4.69) is 26.9 Å². The maximum absolute atomic E-state index is 12.2. The summed E-state index contributed by atoms with van der Waals surface area (Å²) in [4.78, 5) is 16.2. The molecule has 0 saturated heterocycles. The molecule has 0 aliphatic rings. The Hall–Kier alpha value is -0.910. The molecule has 2 N–H and O–H groups in total. The van der Waals surface area contributed by atoms with Crippen LogP contribution in [0.1, 0.15) is 25.8 Å². The second-order valence-electron chi connectivity index (χ2n) is 5.17. The Labute approximate surface area is 136 Å². The van der Waals surface area contributed by atoms with E-state index in [0.717, 1.165) is 24.1 Å². The van der Waals surface area contributed by atoms with Crippen molar-refractivity contribution in [2.24, 2.45) is 5.73 Å². The molecule has 1 rings (SSSR count). The molecule has 118 valence electrons. The predicted octanol–water partition coefficient (Wildman–Crippen LogP) is 2.47. The SMILES string of the molecule is CCN(CC)C(=O)CC(CN)N(C)Cc1ccccc1Br. The van der Waals surface area contributed by atoms with Crippen LogP contribution in [0.5, 0.6) is 0 Å². The summed E-state index contributed by atoms with van der Waals surface area (Å²) in [5.74, 6) is 0.175. The molecule has 4 nitrogen and oxygen atoms in total. The van der Waals surface area contributed by atoms with E-state index < -0.39 is 0 Å². The number of carbonyl (C=O) groups is 1. The van der Waals surface area contributed by atoms with Crippen molar-refractivity contribution in [3.8, 4) is 0 Å². The van der Waals surface area contributed by atoms with Crippen molar-refractivity contribution in [2.75, 3.05) is 26.7 Å². The summed E-state index contributed by atoms with van der Waals surface area (Å²) in [6.07, 6.45) is 0.471. The summed E-state index contributed by atoms with van der Waals surface area (Å²) < 4.78 is 1.09. The molecule has 0 saturated carbocycles. The average Bonchev–Trinajstić information content (AvgIpc) is 2.48. The molecule has 0 aromatic heterocycles. The molecular weight excluding hydrogens is 330 g/mol. The van der Waals surface area contributed by atoms with Gasteiger partial charge in [0.05, 0.1) is 0 Å². The van der Waals surface area contributed by atoms with Crippen LogP contribution < -0.4 is 5.73 Å². The topological polar surface area (TPSA) is 49.6 Å². The van der Waals surface area contributed by atoms with Crippen LogP contribution in [0.15, 0.2) is 28.7 Å². The third kappa shape index (κ3) is 5.41. The Morgan fingerprint density at radius 1 is 1.29 bits per heavy atom. The molecule has 0 fully saturated rings. The molecule has 0 heterocycles. The molecule has 0 aliphatic carbocycles. The lowest BCUT2D eigenvalue weighted by molar-refractivity contribution is -0.132. The van der Waals surface area contributed by atoms with Gasteiger partial charge in [0, 0.05) is 43.1 Å². The van der Waals surface area contributed by atoms with Gasteiger partial charge < -0.3 is 10.6 Å². The highest BCUT2D eigenvalue weighted by Crippen LogP contribution is 2.18. The summed E-state index contributed by atoms with van der Waals surface area (Å²) >= 11 is 3.56. The van der Waals surface area contributed by atoms with Crippen LogP contribution in [0.3, 0.4) is 0 Å². The summed E-state index contributed by atoms with van der Waals surface area (Å²) in [7, 11) is 2.02. The first-order chi connectivity index (χ1) is 10.0. The Morgan fingerprint density at radius 2 is 1.90 bits per heavy atom. The van der Waals surface area contributed by atoms with Crippen molar-refractivity contribution in [1.29, 1.82) is 0 Å². The molecule has 5 heteroatoms. The molecule has 1 amide bonds. The molecule has 0 aliphatic heterocycles. The fraction of sp³-hybridized carbons (Fsp3) is 0.562. The highest BCUT2D eigenvalue weighted by molar-refractivity contribution is 9.10. The summed E-state index contributed by atoms with van der Waals surface area (Å²) in [6, 6.07) is 8.19. The third-order valence-corrected chi connectivity index (χ3v) is 4.57. The second-order valence-corrected chi connectivity index (χ2v) is 6.02. The normalized spacial score (nSPS) is 12.5. The first kappa shape index (κ1) is 18.1. The van der Waals surface area contributed by atoms with E-state index in [4.69, 9.17) is 5.73 Å². The van der Waals surface area contributed by atoms with Gasteiger partial charge in [0.1, 0.15) is 0 Å². The molecule has 1 atom stereocenters. The number of halogens is 1. The molecular formula is C16H26BrN3O. The first-order valence-electron chi connectivity index (χ1n) is 7.44. The van der Waals surface area contributed by atoms with Crippen molar-refractivity contribution in [3.63, 3.8) is 0 Å². The van der Waals surface area contributed by atoms with Gasteiger partial charge in [-0.1, -0.05) is 34.1 Å². The first-order valence-corrected chi connectivity index (χ1v) is 8.24. The number of likely N-dealkylation sites (N-methyl/N-ethyl adjacent to an activating group) is 1. The van der Waals surface area contributed by atoms with Crippen LogP contribution in [-0.4, -0.2) is 48.4 Å². The second kappa shape index (κ2) is 9.18. The number of hydrogen-bond acceptors (Lipinski definition) is 3. The Bertz CT molecular complexity index is 449. The zero-order chi connectivity index (χ0) is 15.8. The van der Waals surface area contributed by atoms with Crippen LogP contribution >= 0.6 is 15.9 Å². The van der Waals surface area contributed by atoms with Gasteiger partial charge in [0.15, 0.2) is 0 Å².